The summed E-state index contributed by atoms with van der Waals surface area (Å²) in [5.74, 6) is -0.662. The normalized spacial score (nSPS) is 18.8. The molecule has 100 valence electrons. The van der Waals surface area contributed by atoms with Gasteiger partial charge in [-0.2, -0.15) is 0 Å². The zero-order chi connectivity index (χ0) is 13.5. The Kier molecular flexibility index (Phi) is 9.59. The quantitative estimate of drug-likeness (QED) is 0.531. The smallest absolute Gasteiger partial charge is 0.240 e. The van der Waals surface area contributed by atoms with Gasteiger partial charge in [0.25, 0.3) is 12.9 Å². The third-order valence-corrected chi connectivity index (χ3v) is 2.16. The van der Waals surface area contributed by atoms with E-state index in [1.165, 1.54) is 6.92 Å². The van der Waals surface area contributed by atoms with Crippen molar-refractivity contribution in [2.45, 2.75) is 43.9 Å². The molecule has 0 saturated carbocycles. The number of rotatable bonds is 4. The fraction of sp³-hybridized carbons (Fsp3) is 1.00. The monoisotopic (exact) mass is 292 g/mol. The number of halogens is 8. The molecule has 0 amide bonds. The van der Waals surface area contributed by atoms with Gasteiger partial charge in [-0.05, 0) is 13.8 Å². The number of hydrogen-bond donors (Lipinski definition) is 0. The van der Waals surface area contributed by atoms with E-state index in [1.807, 2.05) is 0 Å². The van der Waals surface area contributed by atoms with Crippen molar-refractivity contribution in [3.8, 4) is 0 Å². The second-order valence-electron chi connectivity index (χ2n) is 3.17. The van der Waals surface area contributed by atoms with Gasteiger partial charge in [-0.25, -0.2) is 26.3 Å². The Hall–Kier alpha value is 0.160. The van der Waals surface area contributed by atoms with Crippen LogP contribution < -0.4 is 0 Å². The maximum absolute atomic E-state index is 12.1. The number of alkyl halides is 8. The fourth-order valence-electron chi connectivity index (χ4n) is 0.259. The van der Waals surface area contributed by atoms with Crippen molar-refractivity contribution in [2.24, 2.45) is 0 Å². The summed E-state index contributed by atoms with van der Waals surface area (Å²) in [5.41, 5.74) is -2.53. The van der Waals surface area contributed by atoms with Crippen molar-refractivity contribution in [3.63, 3.8) is 0 Å². The molecule has 0 aliphatic heterocycles. The Labute approximate surface area is 99.9 Å². The summed E-state index contributed by atoms with van der Waals surface area (Å²) in [7, 11) is 0. The zero-order valence-electron chi connectivity index (χ0n) is 8.54. The first-order chi connectivity index (χ1) is 7.06. The lowest BCUT2D eigenvalue weighted by atomic mass is 10.2. The molecule has 0 heterocycles. The third-order valence-electron chi connectivity index (χ3n) is 1.40. The lowest BCUT2D eigenvalue weighted by Crippen LogP contribution is -2.29. The van der Waals surface area contributed by atoms with Crippen LogP contribution in [-0.2, 0) is 0 Å². The molecule has 0 N–H and O–H groups in total. The molecule has 0 aromatic carbocycles. The Morgan fingerprint density at radius 3 is 1.50 bits per heavy atom. The van der Waals surface area contributed by atoms with Gasteiger partial charge in [-0.15, -0.1) is 23.2 Å². The van der Waals surface area contributed by atoms with Crippen molar-refractivity contribution < 1.29 is 26.3 Å². The first kappa shape index (κ1) is 18.5. The molecule has 0 radical (unpaired) electrons. The van der Waals surface area contributed by atoms with Crippen LogP contribution in [0.1, 0.15) is 13.8 Å². The summed E-state index contributed by atoms with van der Waals surface area (Å²) in [6.45, 7) is 1.96. The topological polar surface area (TPSA) is 0 Å². The van der Waals surface area contributed by atoms with Crippen LogP contribution in [0.25, 0.3) is 0 Å². The van der Waals surface area contributed by atoms with Crippen LogP contribution in [0.5, 0.6) is 0 Å². The van der Waals surface area contributed by atoms with E-state index in [4.69, 9.17) is 23.2 Å². The average molecular weight is 293 g/mol. The molecule has 0 aromatic rings. The molecule has 0 aliphatic carbocycles. The first-order valence-corrected chi connectivity index (χ1v) is 5.12. The van der Waals surface area contributed by atoms with Crippen molar-refractivity contribution in [1.29, 1.82) is 0 Å². The number of hydrogen-bond acceptors (Lipinski definition) is 0. The van der Waals surface area contributed by atoms with Gasteiger partial charge in [0, 0.05) is 0 Å². The van der Waals surface area contributed by atoms with E-state index in [0.717, 1.165) is 6.92 Å². The van der Waals surface area contributed by atoms with Gasteiger partial charge < -0.3 is 0 Å². The molecule has 3 unspecified atom stereocenters. The van der Waals surface area contributed by atoms with Gasteiger partial charge in [0.15, 0.2) is 11.8 Å². The summed E-state index contributed by atoms with van der Waals surface area (Å²) < 4.78 is 69.0. The van der Waals surface area contributed by atoms with E-state index in [1.54, 1.807) is 0 Å². The summed E-state index contributed by atoms with van der Waals surface area (Å²) in [6, 6.07) is 0. The van der Waals surface area contributed by atoms with Crippen LogP contribution >= 0.6 is 23.2 Å². The second kappa shape index (κ2) is 8.28. The maximum atomic E-state index is 12.1. The van der Waals surface area contributed by atoms with E-state index in [0.29, 0.717) is 0 Å². The Balaban J connectivity index is 0. The molecule has 0 aliphatic rings. The molecule has 0 spiro atoms. The highest BCUT2D eigenvalue weighted by Gasteiger charge is 2.33. The summed E-state index contributed by atoms with van der Waals surface area (Å²) in [4.78, 5) is 0. The molecule has 16 heavy (non-hydrogen) atoms. The van der Waals surface area contributed by atoms with E-state index in [9.17, 15) is 26.3 Å². The summed E-state index contributed by atoms with van der Waals surface area (Å²) >= 11 is 9.80. The zero-order valence-corrected chi connectivity index (χ0v) is 10.1. The molecule has 0 nitrogen and oxygen atoms in total. The Bertz CT molecular complexity index is 166. The lowest BCUT2D eigenvalue weighted by molar-refractivity contribution is -0.00659. The minimum atomic E-state index is -2.99. The van der Waals surface area contributed by atoms with Crippen molar-refractivity contribution in [2.75, 3.05) is 5.88 Å². The molecule has 3 atom stereocenters. The van der Waals surface area contributed by atoms with Crippen molar-refractivity contribution in [3.05, 3.63) is 0 Å². The Morgan fingerprint density at radius 2 is 1.50 bits per heavy atom. The van der Waals surface area contributed by atoms with Crippen molar-refractivity contribution in [1.82, 2.24) is 0 Å². The van der Waals surface area contributed by atoms with Gasteiger partial charge in [0.05, 0.1) is 11.3 Å². The summed E-state index contributed by atoms with van der Waals surface area (Å²) in [6.07, 6.45) is -8.14. The first-order valence-electron chi connectivity index (χ1n) is 4.15. The van der Waals surface area contributed by atoms with Gasteiger partial charge in [-0.1, -0.05) is 0 Å². The van der Waals surface area contributed by atoms with Crippen LogP contribution in [0.3, 0.4) is 0 Å². The van der Waals surface area contributed by atoms with Crippen LogP contribution in [0.4, 0.5) is 26.3 Å². The van der Waals surface area contributed by atoms with Crippen LogP contribution in [0.2, 0.25) is 0 Å². The van der Waals surface area contributed by atoms with Crippen molar-refractivity contribution >= 4 is 23.2 Å². The van der Waals surface area contributed by atoms with Crippen LogP contribution in [0, 0.1) is 0 Å². The largest absolute Gasteiger partial charge is 0.272 e. The molecule has 8 heteroatoms. The summed E-state index contributed by atoms with van der Waals surface area (Å²) in [5, 5.41) is -1.10. The minimum Gasteiger partial charge on any atom is -0.240 e. The molecular formula is C8H12Cl2F6. The average Bonchev–Trinajstić information content (AvgIpc) is 2.17. The fourth-order valence-corrected chi connectivity index (χ4v) is 0.485. The molecule has 0 rings (SSSR count). The molecule has 0 bridgehead atoms. The standard InChI is InChI=1S/2C4H6ClF3/c1-4(8,2-5)3(6)7;1-2(5)3(6)4(7)8/h3H,2H2,1H3;2-4H,1H3. The Morgan fingerprint density at radius 1 is 1.12 bits per heavy atom. The predicted octanol–water partition coefficient (Wildman–Crippen LogP) is 4.44. The molecular weight excluding hydrogens is 281 g/mol. The SMILES string of the molecule is CC(Cl)C(F)C(F)F.CC(F)(CCl)C(F)F. The third kappa shape index (κ3) is 8.33. The highest BCUT2D eigenvalue weighted by molar-refractivity contribution is 6.20. The van der Waals surface area contributed by atoms with Gasteiger partial charge in [-0.3, -0.25) is 0 Å². The maximum Gasteiger partial charge on any atom is 0.272 e. The second-order valence-corrected chi connectivity index (χ2v) is 4.12. The van der Waals surface area contributed by atoms with Crippen LogP contribution in [-0.4, -0.2) is 35.9 Å². The predicted molar refractivity (Wildman–Crippen MR) is 52.5 cm³/mol. The van der Waals surface area contributed by atoms with Gasteiger partial charge >= 0.3 is 0 Å². The van der Waals surface area contributed by atoms with E-state index >= 15 is 0 Å². The molecule has 0 fully saturated rings. The van der Waals surface area contributed by atoms with E-state index in [-0.39, 0.29) is 0 Å². The highest BCUT2D eigenvalue weighted by Crippen LogP contribution is 2.20. The minimum absolute atomic E-state index is 0.662. The molecule has 0 aromatic heterocycles. The van der Waals surface area contributed by atoms with Gasteiger partial charge in [0.2, 0.25) is 0 Å². The van der Waals surface area contributed by atoms with Gasteiger partial charge in [0.1, 0.15) is 0 Å². The highest BCUT2D eigenvalue weighted by atomic mass is 35.5. The van der Waals surface area contributed by atoms with E-state index in [2.05, 4.69) is 0 Å². The van der Waals surface area contributed by atoms with Crippen LogP contribution in [0.15, 0.2) is 0 Å². The molecule has 0 saturated heterocycles. The lowest BCUT2D eigenvalue weighted by Gasteiger charge is -2.13. The van der Waals surface area contributed by atoms with E-state index < -0.39 is 35.9 Å².